The maximum atomic E-state index is 12.0. The molecule has 0 heterocycles. The predicted molar refractivity (Wildman–Crippen MR) is 123 cm³/mol. The Labute approximate surface area is 195 Å². The normalized spacial score (nSPS) is 11.0. The maximum Gasteiger partial charge on any atom is 0.407 e. The quantitative estimate of drug-likeness (QED) is 0.358. The van der Waals surface area contributed by atoms with Crippen molar-refractivity contribution in [1.29, 1.82) is 0 Å². The zero-order valence-electron chi connectivity index (χ0n) is 19.5. The van der Waals surface area contributed by atoms with E-state index in [0.29, 0.717) is 50.9 Å². The molecule has 0 radical (unpaired) electrons. The average molecular weight is 460 g/mol. The number of esters is 1. The summed E-state index contributed by atoms with van der Waals surface area (Å²) < 4.78 is 26.9. The lowest BCUT2D eigenvalue weighted by atomic mass is 10.1. The molecule has 1 amide bonds. The molecule has 180 valence electrons. The highest BCUT2D eigenvalue weighted by Gasteiger charge is 2.17. The van der Waals surface area contributed by atoms with Crippen molar-refractivity contribution < 1.29 is 33.3 Å². The number of nitrogens with one attached hydrogen (secondary N) is 1. The van der Waals surface area contributed by atoms with Gasteiger partial charge in [-0.2, -0.15) is 0 Å². The second kappa shape index (κ2) is 14.1. The highest BCUT2D eigenvalue weighted by molar-refractivity contribution is 5.89. The summed E-state index contributed by atoms with van der Waals surface area (Å²) in [5.74, 6) is 0.282. The number of benzene rings is 2. The van der Waals surface area contributed by atoms with Gasteiger partial charge in [0.15, 0.2) is 0 Å². The van der Waals surface area contributed by atoms with Crippen LogP contribution in [0, 0.1) is 0 Å². The van der Waals surface area contributed by atoms with Gasteiger partial charge in [-0.15, -0.1) is 0 Å². The Morgan fingerprint density at radius 3 is 2.12 bits per heavy atom. The first-order chi connectivity index (χ1) is 15.8. The summed E-state index contributed by atoms with van der Waals surface area (Å²) in [6.07, 6.45) is -0.477. The van der Waals surface area contributed by atoms with E-state index in [9.17, 15) is 9.59 Å². The molecular formula is C25H33NO7. The van der Waals surface area contributed by atoms with Crippen LogP contribution in [0.4, 0.5) is 4.79 Å². The van der Waals surface area contributed by atoms with Gasteiger partial charge in [-0.05, 0) is 50.6 Å². The largest absolute Gasteiger partial charge is 0.491 e. The number of rotatable bonds is 13. The first kappa shape index (κ1) is 26.2. The van der Waals surface area contributed by atoms with Gasteiger partial charge in [0.1, 0.15) is 24.6 Å². The van der Waals surface area contributed by atoms with E-state index in [1.165, 1.54) is 0 Å². The molecule has 0 unspecified atom stereocenters. The molecule has 0 atom stereocenters. The third kappa shape index (κ3) is 11.9. The van der Waals surface area contributed by atoms with E-state index in [4.69, 9.17) is 23.7 Å². The second-order valence-electron chi connectivity index (χ2n) is 8.09. The molecule has 0 bridgehead atoms. The van der Waals surface area contributed by atoms with Gasteiger partial charge in [0.25, 0.3) is 0 Å². The molecule has 0 saturated carbocycles. The Morgan fingerprint density at radius 1 is 0.818 bits per heavy atom. The van der Waals surface area contributed by atoms with E-state index in [0.717, 1.165) is 5.56 Å². The molecular weight excluding hydrogens is 426 g/mol. The van der Waals surface area contributed by atoms with Gasteiger partial charge in [-0.25, -0.2) is 9.59 Å². The van der Waals surface area contributed by atoms with Crippen LogP contribution in [-0.4, -0.2) is 57.2 Å². The van der Waals surface area contributed by atoms with Crippen LogP contribution in [0.3, 0.4) is 0 Å². The molecule has 0 aliphatic carbocycles. The minimum Gasteiger partial charge on any atom is -0.491 e. The van der Waals surface area contributed by atoms with Crippen molar-refractivity contribution in [2.45, 2.75) is 33.0 Å². The summed E-state index contributed by atoms with van der Waals surface area (Å²) in [4.78, 5) is 23.6. The number of ether oxygens (including phenoxy) is 5. The van der Waals surface area contributed by atoms with Gasteiger partial charge < -0.3 is 29.0 Å². The van der Waals surface area contributed by atoms with Crippen molar-refractivity contribution in [3.8, 4) is 5.75 Å². The molecule has 0 aliphatic rings. The van der Waals surface area contributed by atoms with Gasteiger partial charge in [-0.3, -0.25) is 0 Å². The van der Waals surface area contributed by atoms with E-state index in [-0.39, 0.29) is 12.6 Å². The minimum atomic E-state index is -0.530. The van der Waals surface area contributed by atoms with Crippen LogP contribution in [0.2, 0.25) is 0 Å². The third-order valence-corrected chi connectivity index (χ3v) is 4.09. The summed E-state index contributed by atoms with van der Waals surface area (Å²) in [6, 6.07) is 16.3. The summed E-state index contributed by atoms with van der Waals surface area (Å²) in [7, 11) is 0. The van der Waals surface area contributed by atoms with E-state index in [1.54, 1.807) is 24.3 Å². The maximum absolute atomic E-state index is 12.0. The van der Waals surface area contributed by atoms with Crippen molar-refractivity contribution >= 4 is 12.1 Å². The van der Waals surface area contributed by atoms with E-state index >= 15 is 0 Å². The fourth-order valence-corrected chi connectivity index (χ4v) is 2.56. The Bertz CT molecular complexity index is 832. The van der Waals surface area contributed by atoms with E-state index in [1.807, 2.05) is 51.1 Å². The van der Waals surface area contributed by atoms with Gasteiger partial charge in [-0.1, -0.05) is 30.3 Å². The molecule has 2 aromatic carbocycles. The Morgan fingerprint density at radius 2 is 1.45 bits per heavy atom. The molecule has 0 spiro atoms. The van der Waals surface area contributed by atoms with Crippen molar-refractivity contribution in [2.75, 3.05) is 39.6 Å². The number of carbonyl (C=O) groups is 2. The molecule has 0 fully saturated rings. The number of hydrogen-bond donors (Lipinski definition) is 1. The van der Waals surface area contributed by atoms with Crippen LogP contribution < -0.4 is 10.1 Å². The Kier molecular flexibility index (Phi) is 11.2. The summed E-state index contributed by atoms with van der Waals surface area (Å²) >= 11 is 0. The lowest BCUT2D eigenvalue weighted by molar-refractivity contribution is 0.00693. The molecule has 8 heteroatoms. The van der Waals surface area contributed by atoms with E-state index in [2.05, 4.69) is 5.32 Å². The number of alkyl carbamates (subject to hydrolysis) is 1. The topological polar surface area (TPSA) is 92.3 Å². The molecule has 0 aromatic heterocycles. The minimum absolute atomic E-state index is 0.233. The molecule has 8 nitrogen and oxygen atoms in total. The first-order valence-corrected chi connectivity index (χ1v) is 10.9. The van der Waals surface area contributed by atoms with Crippen molar-refractivity contribution in [1.82, 2.24) is 5.32 Å². The highest BCUT2D eigenvalue weighted by Crippen LogP contribution is 2.16. The van der Waals surface area contributed by atoms with Crippen molar-refractivity contribution in [3.05, 3.63) is 65.7 Å². The Hall–Kier alpha value is -3.10. The predicted octanol–water partition coefficient (Wildman–Crippen LogP) is 3.98. The SMILES string of the molecule is CC(C)(C)OC(=O)c1ccc(OCCOCCOCCNC(=O)OCc2ccccc2)cc1. The number of amides is 1. The summed E-state index contributed by atoms with van der Waals surface area (Å²) in [5.41, 5.74) is 0.880. The van der Waals surface area contributed by atoms with Crippen LogP contribution in [0.1, 0.15) is 36.7 Å². The standard InChI is InChI=1S/C25H33NO7/c1-25(2,3)33-23(27)21-9-11-22(12-10-21)31-18-17-30-16-15-29-14-13-26-24(28)32-19-20-7-5-4-6-8-20/h4-12H,13-19H2,1-3H3,(H,26,28). The number of hydrogen-bond acceptors (Lipinski definition) is 7. The van der Waals surface area contributed by atoms with Gasteiger partial charge in [0.2, 0.25) is 0 Å². The van der Waals surface area contributed by atoms with Gasteiger partial charge in [0, 0.05) is 6.54 Å². The summed E-state index contributed by atoms with van der Waals surface area (Å²) in [6.45, 7) is 8.04. The van der Waals surface area contributed by atoms with Crippen LogP contribution in [0.15, 0.2) is 54.6 Å². The molecule has 0 saturated heterocycles. The smallest absolute Gasteiger partial charge is 0.407 e. The van der Waals surface area contributed by atoms with Crippen LogP contribution in [-0.2, 0) is 25.6 Å². The van der Waals surface area contributed by atoms with E-state index < -0.39 is 11.7 Å². The summed E-state index contributed by atoms with van der Waals surface area (Å²) in [5, 5.41) is 2.63. The fourth-order valence-electron chi connectivity index (χ4n) is 2.56. The Balaban J connectivity index is 1.44. The van der Waals surface area contributed by atoms with Crippen LogP contribution in [0.25, 0.3) is 0 Å². The molecule has 2 aromatic rings. The molecule has 33 heavy (non-hydrogen) atoms. The zero-order valence-corrected chi connectivity index (χ0v) is 19.5. The third-order valence-electron chi connectivity index (χ3n) is 4.09. The van der Waals surface area contributed by atoms with Crippen molar-refractivity contribution in [3.63, 3.8) is 0 Å². The highest BCUT2D eigenvalue weighted by atomic mass is 16.6. The first-order valence-electron chi connectivity index (χ1n) is 10.9. The molecule has 1 N–H and O–H groups in total. The van der Waals surface area contributed by atoms with Crippen LogP contribution in [0.5, 0.6) is 5.75 Å². The lowest BCUT2D eigenvalue weighted by Gasteiger charge is -2.19. The second-order valence-corrected chi connectivity index (χ2v) is 8.09. The van der Waals surface area contributed by atoms with Crippen molar-refractivity contribution in [2.24, 2.45) is 0 Å². The monoisotopic (exact) mass is 459 g/mol. The fraction of sp³-hybridized carbons (Fsp3) is 0.440. The zero-order chi connectivity index (χ0) is 23.9. The lowest BCUT2D eigenvalue weighted by Crippen LogP contribution is -2.28. The van der Waals surface area contributed by atoms with Crippen LogP contribution >= 0.6 is 0 Å². The molecule has 2 rings (SSSR count). The average Bonchev–Trinajstić information content (AvgIpc) is 2.79. The van der Waals surface area contributed by atoms with Gasteiger partial charge in [0.05, 0.1) is 32.0 Å². The molecule has 0 aliphatic heterocycles. The number of carbonyl (C=O) groups excluding carboxylic acids is 2. The van der Waals surface area contributed by atoms with Gasteiger partial charge >= 0.3 is 12.1 Å².